The van der Waals surface area contributed by atoms with E-state index in [2.05, 4.69) is 10.6 Å². The van der Waals surface area contributed by atoms with Gasteiger partial charge in [-0.25, -0.2) is 4.39 Å². The number of carbonyl (C=O) groups excluding carboxylic acids is 1. The van der Waals surface area contributed by atoms with Crippen LogP contribution in [0.2, 0.25) is 5.02 Å². The van der Waals surface area contributed by atoms with E-state index < -0.39 is 23.5 Å². The van der Waals surface area contributed by atoms with Crippen LogP contribution in [-0.4, -0.2) is 12.5 Å². The topological polar surface area (TPSA) is 41.1 Å². The highest BCUT2D eigenvalue weighted by Crippen LogP contribution is 2.36. The van der Waals surface area contributed by atoms with E-state index >= 15 is 0 Å². The lowest BCUT2D eigenvalue weighted by Gasteiger charge is -2.15. The van der Waals surface area contributed by atoms with Gasteiger partial charge in [-0.15, -0.1) is 0 Å². The van der Waals surface area contributed by atoms with E-state index in [4.69, 9.17) is 11.6 Å². The van der Waals surface area contributed by atoms with Crippen LogP contribution in [0, 0.1) is 5.82 Å². The van der Waals surface area contributed by atoms with Crippen LogP contribution in [0.5, 0.6) is 0 Å². The van der Waals surface area contributed by atoms with Crippen LogP contribution in [0.15, 0.2) is 42.5 Å². The summed E-state index contributed by atoms with van der Waals surface area (Å²) in [6.45, 7) is 0.00801. The van der Waals surface area contributed by atoms with E-state index in [1.54, 1.807) is 6.07 Å². The number of rotatable bonds is 6. The van der Waals surface area contributed by atoms with Crippen molar-refractivity contribution in [3.63, 3.8) is 0 Å². The number of carbonyl (C=O) groups is 1. The Bertz CT molecular complexity index is 750. The molecule has 3 nitrogen and oxygen atoms in total. The predicted octanol–water partition coefficient (Wildman–Crippen LogP) is 4.62. The van der Waals surface area contributed by atoms with E-state index in [1.807, 2.05) is 0 Å². The number of hydrogen-bond donors (Lipinski definition) is 2. The van der Waals surface area contributed by atoms with Crippen LogP contribution in [0.3, 0.4) is 0 Å². The summed E-state index contributed by atoms with van der Waals surface area (Å²) in [5, 5.41) is 5.06. The third-order valence-electron chi connectivity index (χ3n) is 3.39. The zero-order valence-electron chi connectivity index (χ0n) is 13.0. The third-order valence-corrected chi connectivity index (χ3v) is 3.62. The van der Waals surface area contributed by atoms with Crippen LogP contribution in [-0.2, 0) is 17.5 Å². The summed E-state index contributed by atoms with van der Waals surface area (Å²) in [6, 6.07) is 9.36. The molecule has 0 atom stereocenters. The fourth-order valence-electron chi connectivity index (χ4n) is 2.14. The minimum atomic E-state index is -4.56. The van der Waals surface area contributed by atoms with Crippen molar-refractivity contribution < 1.29 is 22.4 Å². The Morgan fingerprint density at radius 1 is 1.12 bits per heavy atom. The summed E-state index contributed by atoms with van der Waals surface area (Å²) < 4.78 is 52.3. The number of alkyl halides is 3. The van der Waals surface area contributed by atoms with Gasteiger partial charge in [0, 0.05) is 35.8 Å². The van der Waals surface area contributed by atoms with Gasteiger partial charge >= 0.3 is 6.18 Å². The summed E-state index contributed by atoms with van der Waals surface area (Å²) in [6.07, 6.45) is -4.62. The zero-order chi connectivity index (χ0) is 18.4. The highest BCUT2D eigenvalue weighted by atomic mass is 35.5. The molecule has 2 rings (SSSR count). The molecular formula is C17H15ClF4N2O. The molecule has 0 radical (unpaired) electrons. The highest BCUT2D eigenvalue weighted by Gasteiger charge is 2.33. The van der Waals surface area contributed by atoms with Gasteiger partial charge in [0.25, 0.3) is 0 Å². The number of halogens is 5. The van der Waals surface area contributed by atoms with Gasteiger partial charge in [-0.1, -0.05) is 29.8 Å². The van der Waals surface area contributed by atoms with Crippen molar-refractivity contribution in [2.75, 3.05) is 11.9 Å². The van der Waals surface area contributed by atoms with E-state index in [0.717, 1.165) is 6.07 Å². The molecular weight excluding hydrogens is 360 g/mol. The van der Waals surface area contributed by atoms with Gasteiger partial charge in [-0.2, -0.15) is 13.2 Å². The summed E-state index contributed by atoms with van der Waals surface area (Å²) in [4.78, 5) is 11.7. The van der Waals surface area contributed by atoms with Crippen molar-refractivity contribution in [2.45, 2.75) is 19.1 Å². The second-order valence-electron chi connectivity index (χ2n) is 5.23. The molecule has 134 valence electrons. The molecule has 1 amide bonds. The number of nitrogens with one attached hydrogen (secondary N) is 2. The maximum atomic E-state index is 13.4. The van der Waals surface area contributed by atoms with Gasteiger partial charge in [0.2, 0.25) is 5.91 Å². The molecule has 0 saturated heterocycles. The maximum Gasteiger partial charge on any atom is 0.418 e. The SMILES string of the molecule is O=C(CCNc1ccc(Cl)cc1C(F)(F)F)NCc1ccccc1F. The molecule has 0 aliphatic carbocycles. The first-order chi connectivity index (χ1) is 11.8. The Kier molecular flexibility index (Phi) is 6.25. The van der Waals surface area contributed by atoms with Crippen molar-refractivity contribution >= 4 is 23.2 Å². The fraction of sp³-hybridized carbons (Fsp3) is 0.235. The lowest BCUT2D eigenvalue weighted by atomic mass is 10.1. The van der Waals surface area contributed by atoms with Gasteiger partial charge < -0.3 is 10.6 Å². The van der Waals surface area contributed by atoms with Crippen LogP contribution >= 0.6 is 11.6 Å². The standard InChI is InChI=1S/C17H15ClF4N2O/c18-12-5-6-15(13(9-12)17(20,21)22)23-8-7-16(25)24-10-11-3-1-2-4-14(11)19/h1-6,9,23H,7-8,10H2,(H,24,25). The number of hydrogen-bond acceptors (Lipinski definition) is 2. The average molecular weight is 375 g/mol. The fourth-order valence-corrected chi connectivity index (χ4v) is 2.31. The second kappa shape index (κ2) is 8.20. The van der Waals surface area contributed by atoms with E-state index in [-0.39, 0.29) is 30.2 Å². The maximum absolute atomic E-state index is 13.4. The third kappa shape index (κ3) is 5.63. The minimum absolute atomic E-state index is 0.00613. The van der Waals surface area contributed by atoms with Gasteiger partial charge in [-0.05, 0) is 24.3 Å². The van der Waals surface area contributed by atoms with Crippen molar-refractivity contribution in [1.82, 2.24) is 5.32 Å². The Hall–Kier alpha value is -2.28. The quantitative estimate of drug-likeness (QED) is 0.725. The molecule has 2 aromatic carbocycles. The molecule has 0 fully saturated rings. The summed E-state index contributed by atoms with van der Waals surface area (Å²) in [5.41, 5.74) is -0.716. The molecule has 0 aliphatic heterocycles. The molecule has 0 spiro atoms. The Balaban J connectivity index is 1.86. The average Bonchev–Trinajstić information content (AvgIpc) is 2.54. The predicted molar refractivity (Wildman–Crippen MR) is 87.8 cm³/mol. The van der Waals surface area contributed by atoms with Crippen LogP contribution in [0.1, 0.15) is 17.5 Å². The van der Waals surface area contributed by atoms with Gasteiger partial charge in [-0.3, -0.25) is 4.79 Å². The first-order valence-electron chi connectivity index (χ1n) is 7.38. The number of anilines is 1. The van der Waals surface area contributed by atoms with E-state index in [9.17, 15) is 22.4 Å². The molecule has 8 heteroatoms. The Labute approximate surface area is 147 Å². The van der Waals surface area contributed by atoms with E-state index in [0.29, 0.717) is 5.56 Å². The molecule has 0 aromatic heterocycles. The summed E-state index contributed by atoms with van der Waals surface area (Å²) in [7, 11) is 0. The lowest BCUT2D eigenvalue weighted by Crippen LogP contribution is -2.25. The highest BCUT2D eigenvalue weighted by molar-refractivity contribution is 6.30. The first kappa shape index (κ1) is 19.1. The van der Waals surface area contributed by atoms with Gasteiger partial charge in [0.05, 0.1) is 5.56 Å². The molecule has 0 bridgehead atoms. The van der Waals surface area contributed by atoms with Crippen molar-refractivity contribution in [3.05, 3.63) is 64.4 Å². The molecule has 2 aromatic rings. The van der Waals surface area contributed by atoms with E-state index in [1.165, 1.54) is 30.3 Å². The Morgan fingerprint density at radius 2 is 1.84 bits per heavy atom. The normalized spacial score (nSPS) is 11.2. The summed E-state index contributed by atoms with van der Waals surface area (Å²) in [5.74, 6) is -0.838. The van der Waals surface area contributed by atoms with Crippen LogP contribution < -0.4 is 10.6 Å². The van der Waals surface area contributed by atoms with Gasteiger partial charge in [0.1, 0.15) is 5.82 Å². The molecule has 0 aliphatic rings. The molecule has 25 heavy (non-hydrogen) atoms. The lowest BCUT2D eigenvalue weighted by molar-refractivity contribution is -0.137. The van der Waals surface area contributed by atoms with Crippen molar-refractivity contribution in [1.29, 1.82) is 0 Å². The first-order valence-corrected chi connectivity index (χ1v) is 7.76. The minimum Gasteiger partial charge on any atom is -0.384 e. The number of benzene rings is 2. The summed E-state index contributed by atoms with van der Waals surface area (Å²) >= 11 is 5.60. The van der Waals surface area contributed by atoms with Crippen molar-refractivity contribution in [3.8, 4) is 0 Å². The second-order valence-corrected chi connectivity index (χ2v) is 5.67. The largest absolute Gasteiger partial charge is 0.418 e. The van der Waals surface area contributed by atoms with Crippen molar-refractivity contribution in [2.24, 2.45) is 0 Å². The smallest absolute Gasteiger partial charge is 0.384 e. The van der Waals surface area contributed by atoms with Gasteiger partial charge in [0.15, 0.2) is 0 Å². The molecule has 0 heterocycles. The monoisotopic (exact) mass is 374 g/mol. The molecule has 0 saturated carbocycles. The zero-order valence-corrected chi connectivity index (χ0v) is 13.7. The molecule has 0 unspecified atom stereocenters. The number of amides is 1. The Morgan fingerprint density at radius 3 is 2.52 bits per heavy atom. The molecule has 2 N–H and O–H groups in total. The van der Waals surface area contributed by atoms with Crippen LogP contribution in [0.4, 0.5) is 23.2 Å². The van der Waals surface area contributed by atoms with Crippen LogP contribution in [0.25, 0.3) is 0 Å².